The molecule has 17 heavy (non-hydrogen) atoms. The summed E-state index contributed by atoms with van der Waals surface area (Å²) in [5.74, 6) is -0.973. The lowest BCUT2D eigenvalue weighted by Gasteiger charge is -2.07. The van der Waals surface area contributed by atoms with Crippen LogP contribution in [0.3, 0.4) is 0 Å². The third-order valence-electron chi connectivity index (χ3n) is 2.27. The minimum Gasteiger partial charge on any atom is -0.396 e. The van der Waals surface area contributed by atoms with Gasteiger partial charge in [0.1, 0.15) is 16.7 Å². The number of hydrogen-bond acceptors (Lipinski definition) is 3. The van der Waals surface area contributed by atoms with Crippen molar-refractivity contribution in [3.05, 3.63) is 47.7 Å². The molecule has 2 N–H and O–H groups in total. The predicted molar refractivity (Wildman–Crippen MR) is 63.9 cm³/mol. The van der Waals surface area contributed by atoms with Gasteiger partial charge >= 0.3 is 0 Å². The van der Waals surface area contributed by atoms with E-state index in [1.165, 1.54) is 0 Å². The van der Waals surface area contributed by atoms with E-state index in [9.17, 15) is 8.78 Å². The molecule has 88 valence electrons. The summed E-state index contributed by atoms with van der Waals surface area (Å²) in [6, 6.07) is 5.06. The molecule has 0 bridgehead atoms. The van der Waals surface area contributed by atoms with Crippen molar-refractivity contribution in [1.82, 2.24) is 4.98 Å². The molecule has 0 saturated carbocycles. The summed E-state index contributed by atoms with van der Waals surface area (Å²) in [6.07, 6.45) is 1.59. The second-order valence-electron chi connectivity index (χ2n) is 3.52. The zero-order valence-electron chi connectivity index (χ0n) is 9.08. The Morgan fingerprint density at radius 1 is 1.24 bits per heavy atom. The number of halogens is 2. The van der Waals surface area contributed by atoms with Crippen LogP contribution in [0.4, 0.5) is 14.5 Å². The van der Waals surface area contributed by atoms with Crippen molar-refractivity contribution in [2.45, 2.75) is 16.8 Å². The molecule has 2 nitrogen and oxygen atoms in total. The van der Waals surface area contributed by atoms with Crippen LogP contribution in [0.1, 0.15) is 5.56 Å². The van der Waals surface area contributed by atoms with Crippen LogP contribution in [0.2, 0.25) is 0 Å². The first kappa shape index (κ1) is 11.9. The van der Waals surface area contributed by atoms with Crippen molar-refractivity contribution in [3.63, 3.8) is 0 Å². The van der Waals surface area contributed by atoms with Gasteiger partial charge in [0.05, 0.1) is 10.6 Å². The molecular formula is C12H10F2N2S. The van der Waals surface area contributed by atoms with Gasteiger partial charge in [-0.2, -0.15) is 0 Å². The van der Waals surface area contributed by atoms with Crippen LogP contribution in [0, 0.1) is 18.6 Å². The number of rotatable bonds is 2. The van der Waals surface area contributed by atoms with Gasteiger partial charge in [-0.1, -0.05) is 11.8 Å². The number of pyridine rings is 1. The Morgan fingerprint density at radius 3 is 2.76 bits per heavy atom. The summed E-state index contributed by atoms with van der Waals surface area (Å²) in [4.78, 5) is 4.23. The molecule has 0 unspecified atom stereocenters. The van der Waals surface area contributed by atoms with Gasteiger partial charge in [0.2, 0.25) is 0 Å². The highest BCUT2D eigenvalue weighted by Crippen LogP contribution is 2.33. The zero-order chi connectivity index (χ0) is 12.4. The molecule has 0 radical (unpaired) electrons. The topological polar surface area (TPSA) is 38.9 Å². The molecule has 0 amide bonds. The number of aryl methyl sites for hydroxylation is 1. The van der Waals surface area contributed by atoms with Crippen LogP contribution in [-0.4, -0.2) is 4.98 Å². The van der Waals surface area contributed by atoms with Gasteiger partial charge in [-0.3, -0.25) is 0 Å². The van der Waals surface area contributed by atoms with Crippen LogP contribution in [0.15, 0.2) is 40.4 Å². The monoisotopic (exact) mass is 252 g/mol. The minimum absolute atomic E-state index is 0.176. The van der Waals surface area contributed by atoms with Crippen molar-refractivity contribution in [2.75, 3.05) is 5.73 Å². The molecule has 0 atom stereocenters. The first-order valence-electron chi connectivity index (χ1n) is 4.92. The number of hydrogen-bond donors (Lipinski definition) is 1. The number of nitrogens with zero attached hydrogens (tertiary/aromatic N) is 1. The Bertz CT molecular complexity index is 558. The number of anilines is 1. The van der Waals surface area contributed by atoms with Crippen molar-refractivity contribution in [2.24, 2.45) is 0 Å². The Labute approximate surface area is 102 Å². The van der Waals surface area contributed by atoms with Gasteiger partial charge in [-0.05, 0) is 36.8 Å². The van der Waals surface area contributed by atoms with E-state index in [1.807, 2.05) is 6.92 Å². The van der Waals surface area contributed by atoms with E-state index in [0.29, 0.717) is 10.7 Å². The Kier molecular flexibility index (Phi) is 3.28. The van der Waals surface area contributed by atoms with Crippen molar-refractivity contribution < 1.29 is 8.78 Å². The lowest BCUT2D eigenvalue weighted by atomic mass is 10.3. The lowest BCUT2D eigenvalue weighted by Crippen LogP contribution is -1.95. The quantitative estimate of drug-likeness (QED) is 0.890. The van der Waals surface area contributed by atoms with E-state index in [1.54, 1.807) is 12.3 Å². The molecule has 0 aliphatic heterocycles. The standard InChI is InChI=1S/C12H10F2N2S/c1-7-4-5-16-12(11(7)15)17-10-6-8(13)2-3-9(10)14/h2-6H,15H2,1H3. The van der Waals surface area contributed by atoms with Crippen molar-refractivity contribution in [3.8, 4) is 0 Å². The zero-order valence-corrected chi connectivity index (χ0v) is 9.89. The first-order chi connectivity index (χ1) is 8.08. The van der Waals surface area contributed by atoms with E-state index in [0.717, 1.165) is 35.5 Å². The van der Waals surface area contributed by atoms with Gasteiger partial charge in [0.15, 0.2) is 0 Å². The molecule has 0 fully saturated rings. The Hall–Kier alpha value is -1.62. The maximum atomic E-state index is 13.4. The van der Waals surface area contributed by atoms with Crippen molar-refractivity contribution >= 4 is 17.4 Å². The number of nitrogen functional groups attached to an aromatic ring is 1. The van der Waals surface area contributed by atoms with E-state index in [-0.39, 0.29) is 4.90 Å². The third-order valence-corrected chi connectivity index (χ3v) is 3.32. The molecule has 0 aliphatic carbocycles. The smallest absolute Gasteiger partial charge is 0.137 e. The summed E-state index contributed by atoms with van der Waals surface area (Å²) in [7, 11) is 0. The largest absolute Gasteiger partial charge is 0.396 e. The highest BCUT2D eigenvalue weighted by atomic mass is 32.2. The fraction of sp³-hybridized carbons (Fsp3) is 0.0833. The predicted octanol–water partition coefficient (Wildman–Crippen LogP) is 3.40. The number of aromatic nitrogens is 1. The van der Waals surface area contributed by atoms with Crippen LogP contribution in [0.5, 0.6) is 0 Å². The fourth-order valence-corrected chi connectivity index (χ4v) is 2.22. The summed E-state index contributed by atoms with van der Waals surface area (Å²) < 4.78 is 26.4. The van der Waals surface area contributed by atoms with Crippen molar-refractivity contribution in [1.29, 1.82) is 0 Å². The van der Waals surface area contributed by atoms with Crippen LogP contribution in [0.25, 0.3) is 0 Å². The van der Waals surface area contributed by atoms with E-state index >= 15 is 0 Å². The van der Waals surface area contributed by atoms with Crippen LogP contribution < -0.4 is 5.73 Å². The number of nitrogens with two attached hydrogens (primary N) is 1. The summed E-state index contributed by atoms with van der Waals surface area (Å²) >= 11 is 1.02. The summed E-state index contributed by atoms with van der Waals surface area (Å²) in [5, 5.41) is 0.481. The third kappa shape index (κ3) is 2.55. The van der Waals surface area contributed by atoms with E-state index in [2.05, 4.69) is 4.98 Å². The maximum Gasteiger partial charge on any atom is 0.137 e. The second kappa shape index (κ2) is 4.71. The molecule has 1 aromatic heterocycles. The fourth-order valence-electron chi connectivity index (χ4n) is 1.29. The second-order valence-corrected chi connectivity index (χ2v) is 4.55. The Balaban J connectivity index is 2.38. The van der Waals surface area contributed by atoms with Gasteiger partial charge in [-0.25, -0.2) is 13.8 Å². The summed E-state index contributed by atoms with van der Waals surface area (Å²) in [6.45, 7) is 1.84. The lowest BCUT2D eigenvalue weighted by molar-refractivity contribution is 0.577. The number of benzene rings is 1. The highest BCUT2D eigenvalue weighted by Gasteiger charge is 2.10. The van der Waals surface area contributed by atoms with Gasteiger partial charge < -0.3 is 5.73 Å². The molecule has 0 aliphatic rings. The van der Waals surface area contributed by atoms with Crippen LogP contribution >= 0.6 is 11.8 Å². The molecule has 2 rings (SSSR count). The average Bonchev–Trinajstić information content (AvgIpc) is 2.30. The van der Waals surface area contributed by atoms with Gasteiger partial charge in [0.25, 0.3) is 0 Å². The first-order valence-corrected chi connectivity index (χ1v) is 5.73. The van der Waals surface area contributed by atoms with Gasteiger partial charge in [-0.15, -0.1) is 0 Å². The normalized spacial score (nSPS) is 10.5. The molecule has 1 heterocycles. The van der Waals surface area contributed by atoms with E-state index < -0.39 is 11.6 Å². The summed E-state index contributed by atoms with van der Waals surface area (Å²) in [5.41, 5.74) is 7.17. The Morgan fingerprint density at radius 2 is 2.00 bits per heavy atom. The van der Waals surface area contributed by atoms with E-state index in [4.69, 9.17) is 5.73 Å². The van der Waals surface area contributed by atoms with Gasteiger partial charge in [0, 0.05) is 6.20 Å². The molecular weight excluding hydrogens is 242 g/mol. The highest BCUT2D eigenvalue weighted by molar-refractivity contribution is 7.99. The minimum atomic E-state index is -0.487. The van der Waals surface area contributed by atoms with Crippen LogP contribution in [-0.2, 0) is 0 Å². The maximum absolute atomic E-state index is 13.4. The molecule has 1 aromatic carbocycles. The molecule has 0 saturated heterocycles. The average molecular weight is 252 g/mol. The SMILES string of the molecule is Cc1ccnc(Sc2cc(F)ccc2F)c1N. The molecule has 2 aromatic rings. The molecule has 5 heteroatoms. The molecule has 0 spiro atoms.